The van der Waals surface area contributed by atoms with Crippen LogP contribution in [0.4, 0.5) is 0 Å². The topological polar surface area (TPSA) is 58.2 Å². The van der Waals surface area contributed by atoms with Crippen molar-refractivity contribution in [3.05, 3.63) is 70.9 Å². The molecule has 1 amide bonds. The molecule has 0 saturated carbocycles. The molecule has 5 heteroatoms. The van der Waals surface area contributed by atoms with Crippen LogP contribution in [0.2, 0.25) is 0 Å². The van der Waals surface area contributed by atoms with Crippen LogP contribution in [0, 0.1) is 6.92 Å². The first-order valence-electron chi connectivity index (χ1n) is 9.13. The number of hydrogen-bond donors (Lipinski definition) is 1. The van der Waals surface area contributed by atoms with E-state index in [0.29, 0.717) is 5.69 Å². The number of carbonyl (C=O) groups is 1. The molecule has 5 nitrogen and oxygen atoms in total. The summed E-state index contributed by atoms with van der Waals surface area (Å²) in [5, 5.41) is 7.47. The Balaban J connectivity index is 1.87. The van der Waals surface area contributed by atoms with Crippen molar-refractivity contribution >= 4 is 5.91 Å². The lowest BCUT2D eigenvalue weighted by molar-refractivity contribution is 0.0688. The molecule has 2 heterocycles. The predicted molar refractivity (Wildman–Crippen MR) is 105 cm³/mol. The number of methoxy groups -OCH3 is 1. The van der Waals surface area contributed by atoms with Gasteiger partial charge in [-0.1, -0.05) is 29.8 Å². The van der Waals surface area contributed by atoms with Crippen LogP contribution in [0.25, 0.3) is 11.3 Å². The highest BCUT2D eigenvalue weighted by Crippen LogP contribution is 2.43. The number of hydrogen-bond acceptors (Lipinski definition) is 3. The molecule has 1 atom stereocenters. The van der Waals surface area contributed by atoms with Crippen LogP contribution in [0.5, 0.6) is 5.75 Å². The first-order chi connectivity index (χ1) is 13.0. The lowest BCUT2D eigenvalue weighted by atomic mass is 9.95. The standard InChI is InChI=1S/C22H23N3O2/c1-13(2)25-21(16-7-5-14(3)6-8-16)18-19(23-24-20(18)22(25)26)15-9-11-17(27-4)12-10-15/h5-13,21H,1-4H3,(H,23,24). The summed E-state index contributed by atoms with van der Waals surface area (Å²) < 4.78 is 5.26. The van der Waals surface area contributed by atoms with Crippen molar-refractivity contribution in [2.24, 2.45) is 0 Å². The first-order valence-corrected chi connectivity index (χ1v) is 9.13. The SMILES string of the molecule is COc1ccc(-c2n[nH]c3c2C(c2ccc(C)cc2)N(C(C)C)C3=O)cc1. The summed E-state index contributed by atoms with van der Waals surface area (Å²) in [6.07, 6.45) is 0. The molecule has 138 valence electrons. The Morgan fingerprint density at radius 1 is 1.07 bits per heavy atom. The summed E-state index contributed by atoms with van der Waals surface area (Å²) in [6.45, 7) is 6.16. The molecule has 3 aromatic rings. The van der Waals surface area contributed by atoms with E-state index < -0.39 is 0 Å². The van der Waals surface area contributed by atoms with Crippen molar-refractivity contribution in [3.8, 4) is 17.0 Å². The van der Waals surface area contributed by atoms with Crippen LogP contribution in [-0.2, 0) is 0 Å². The number of nitrogens with zero attached hydrogens (tertiary/aromatic N) is 2. The molecule has 0 bridgehead atoms. The summed E-state index contributed by atoms with van der Waals surface area (Å²) in [6, 6.07) is 16.1. The number of aromatic amines is 1. The van der Waals surface area contributed by atoms with E-state index in [-0.39, 0.29) is 18.0 Å². The van der Waals surface area contributed by atoms with Gasteiger partial charge in [-0.25, -0.2) is 0 Å². The van der Waals surface area contributed by atoms with Gasteiger partial charge in [0.2, 0.25) is 0 Å². The van der Waals surface area contributed by atoms with Crippen molar-refractivity contribution in [2.45, 2.75) is 32.9 Å². The molecule has 1 aliphatic rings. The Hall–Kier alpha value is -3.08. The van der Waals surface area contributed by atoms with Gasteiger partial charge in [-0.05, 0) is 50.6 Å². The van der Waals surface area contributed by atoms with E-state index in [2.05, 4.69) is 41.4 Å². The van der Waals surface area contributed by atoms with E-state index in [0.717, 1.165) is 28.1 Å². The molecular weight excluding hydrogens is 338 g/mol. The van der Waals surface area contributed by atoms with Crippen LogP contribution in [0.15, 0.2) is 48.5 Å². The van der Waals surface area contributed by atoms with Crippen LogP contribution in [0.1, 0.15) is 47.1 Å². The monoisotopic (exact) mass is 361 g/mol. The van der Waals surface area contributed by atoms with Gasteiger partial charge in [0, 0.05) is 17.2 Å². The molecule has 1 N–H and O–H groups in total. The molecule has 2 aromatic carbocycles. The lowest BCUT2D eigenvalue weighted by Crippen LogP contribution is -2.35. The largest absolute Gasteiger partial charge is 0.497 e. The van der Waals surface area contributed by atoms with Gasteiger partial charge in [0.1, 0.15) is 11.4 Å². The molecule has 1 aliphatic heterocycles. The van der Waals surface area contributed by atoms with E-state index in [9.17, 15) is 4.79 Å². The number of carbonyl (C=O) groups excluding carboxylic acids is 1. The highest BCUT2D eigenvalue weighted by atomic mass is 16.5. The van der Waals surface area contributed by atoms with Gasteiger partial charge in [-0.2, -0.15) is 5.10 Å². The molecule has 0 radical (unpaired) electrons. The molecule has 1 aromatic heterocycles. The quantitative estimate of drug-likeness (QED) is 0.752. The molecule has 0 spiro atoms. The number of aromatic nitrogens is 2. The maximum absolute atomic E-state index is 13.1. The Bertz CT molecular complexity index is 972. The minimum Gasteiger partial charge on any atom is -0.497 e. The zero-order valence-corrected chi connectivity index (χ0v) is 16.0. The minimum atomic E-state index is -0.149. The zero-order chi connectivity index (χ0) is 19.1. The van der Waals surface area contributed by atoms with Crippen LogP contribution in [-0.4, -0.2) is 34.2 Å². The van der Waals surface area contributed by atoms with Gasteiger partial charge in [0.05, 0.1) is 18.8 Å². The van der Waals surface area contributed by atoms with Gasteiger partial charge < -0.3 is 9.64 Å². The molecule has 27 heavy (non-hydrogen) atoms. The van der Waals surface area contributed by atoms with E-state index in [4.69, 9.17) is 4.74 Å². The highest BCUT2D eigenvalue weighted by molar-refractivity contribution is 6.00. The minimum absolute atomic E-state index is 0.00200. The highest BCUT2D eigenvalue weighted by Gasteiger charge is 2.43. The van der Waals surface area contributed by atoms with Crippen molar-refractivity contribution in [1.82, 2.24) is 15.1 Å². The smallest absolute Gasteiger partial charge is 0.273 e. The first kappa shape index (κ1) is 17.3. The number of H-pyrrole nitrogens is 1. The predicted octanol–water partition coefficient (Wildman–Crippen LogP) is 4.35. The van der Waals surface area contributed by atoms with Gasteiger partial charge in [0.25, 0.3) is 5.91 Å². The average molecular weight is 361 g/mol. The fraction of sp³-hybridized carbons (Fsp3) is 0.273. The molecule has 0 aliphatic carbocycles. The molecule has 0 saturated heterocycles. The van der Waals surface area contributed by atoms with Gasteiger partial charge in [0.15, 0.2) is 0 Å². The number of aryl methyl sites for hydroxylation is 1. The maximum Gasteiger partial charge on any atom is 0.273 e. The summed E-state index contributed by atoms with van der Waals surface area (Å²) >= 11 is 0. The fourth-order valence-electron chi connectivity index (χ4n) is 3.74. The van der Waals surface area contributed by atoms with E-state index in [1.807, 2.05) is 43.0 Å². The maximum atomic E-state index is 13.1. The van der Waals surface area contributed by atoms with Gasteiger partial charge in [-0.3, -0.25) is 9.89 Å². The average Bonchev–Trinajstić information content (AvgIpc) is 3.22. The number of rotatable bonds is 4. The summed E-state index contributed by atoms with van der Waals surface area (Å²) in [5.41, 5.74) is 5.60. The van der Waals surface area contributed by atoms with Crippen LogP contribution in [0.3, 0.4) is 0 Å². The van der Waals surface area contributed by atoms with Crippen molar-refractivity contribution in [3.63, 3.8) is 0 Å². The number of ether oxygens (including phenoxy) is 1. The number of nitrogens with one attached hydrogen (secondary N) is 1. The zero-order valence-electron chi connectivity index (χ0n) is 16.0. The molecule has 4 rings (SSSR count). The summed E-state index contributed by atoms with van der Waals surface area (Å²) in [5.74, 6) is 0.790. The van der Waals surface area contributed by atoms with E-state index >= 15 is 0 Å². The Labute approximate surface area is 159 Å². The number of fused-ring (bicyclic) bond motifs is 1. The van der Waals surface area contributed by atoms with Crippen molar-refractivity contribution in [1.29, 1.82) is 0 Å². The Morgan fingerprint density at radius 2 is 1.74 bits per heavy atom. The third kappa shape index (κ3) is 2.79. The van der Waals surface area contributed by atoms with Gasteiger partial charge in [-0.15, -0.1) is 0 Å². The molecule has 0 fully saturated rings. The summed E-state index contributed by atoms with van der Waals surface area (Å²) in [4.78, 5) is 15.0. The second-order valence-corrected chi connectivity index (χ2v) is 7.21. The van der Waals surface area contributed by atoms with Gasteiger partial charge >= 0.3 is 0 Å². The second kappa shape index (κ2) is 6.58. The molecule has 1 unspecified atom stereocenters. The molecular formula is C22H23N3O2. The lowest BCUT2D eigenvalue weighted by Gasteiger charge is -2.30. The number of amides is 1. The van der Waals surface area contributed by atoms with Crippen molar-refractivity contribution in [2.75, 3.05) is 7.11 Å². The summed E-state index contributed by atoms with van der Waals surface area (Å²) in [7, 11) is 1.65. The van der Waals surface area contributed by atoms with Crippen LogP contribution < -0.4 is 4.74 Å². The van der Waals surface area contributed by atoms with Crippen molar-refractivity contribution < 1.29 is 9.53 Å². The Kier molecular flexibility index (Phi) is 4.22. The third-order valence-corrected chi connectivity index (χ3v) is 5.12. The third-order valence-electron chi connectivity index (χ3n) is 5.12. The van der Waals surface area contributed by atoms with E-state index in [1.54, 1.807) is 7.11 Å². The Morgan fingerprint density at radius 3 is 2.33 bits per heavy atom. The number of benzene rings is 2. The second-order valence-electron chi connectivity index (χ2n) is 7.21. The normalized spacial score (nSPS) is 16.1. The fourth-order valence-corrected chi connectivity index (χ4v) is 3.74. The van der Waals surface area contributed by atoms with Crippen LogP contribution >= 0.6 is 0 Å². The van der Waals surface area contributed by atoms with E-state index in [1.165, 1.54) is 5.56 Å².